The van der Waals surface area contributed by atoms with E-state index in [1.807, 2.05) is 29.0 Å². The number of aryl methyl sites for hydroxylation is 2. The first-order valence-corrected chi connectivity index (χ1v) is 10.4. The smallest absolute Gasteiger partial charge is 0.200 e. The SMILES string of the molecule is CCC(C)(C)C1CCc2c(sc3ncn4nc(-c5ccnn5C)nc4c23)C1. The molecule has 4 aromatic rings. The van der Waals surface area contributed by atoms with Crippen molar-refractivity contribution in [3.05, 3.63) is 29.0 Å². The second-order valence-electron chi connectivity index (χ2n) is 8.25. The highest BCUT2D eigenvalue weighted by atomic mass is 32.1. The summed E-state index contributed by atoms with van der Waals surface area (Å²) in [5, 5.41) is 10.1. The fourth-order valence-electron chi connectivity index (χ4n) is 4.23. The van der Waals surface area contributed by atoms with Crippen LogP contribution in [0.1, 0.15) is 44.1 Å². The van der Waals surface area contributed by atoms with E-state index in [9.17, 15) is 0 Å². The first-order valence-electron chi connectivity index (χ1n) is 9.62. The highest BCUT2D eigenvalue weighted by molar-refractivity contribution is 7.19. The first-order chi connectivity index (χ1) is 13.0. The molecular weight excluding hydrogens is 356 g/mol. The van der Waals surface area contributed by atoms with Crippen molar-refractivity contribution < 1.29 is 0 Å². The van der Waals surface area contributed by atoms with Crippen LogP contribution in [-0.2, 0) is 19.9 Å². The van der Waals surface area contributed by atoms with Gasteiger partial charge in [-0.3, -0.25) is 4.68 Å². The first kappa shape index (κ1) is 16.9. The lowest BCUT2D eigenvalue weighted by atomic mass is 9.70. The number of aromatic nitrogens is 6. The molecular formula is C20H24N6S. The minimum Gasteiger partial charge on any atom is -0.265 e. The second-order valence-corrected chi connectivity index (χ2v) is 9.34. The molecule has 0 radical (unpaired) electrons. The summed E-state index contributed by atoms with van der Waals surface area (Å²) < 4.78 is 3.62. The van der Waals surface area contributed by atoms with Crippen LogP contribution in [0.3, 0.4) is 0 Å². The predicted octanol–water partition coefficient (Wildman–Crippen LogP) is 4.28. The van der Waals surface area contributed by atoms with Crippen molar-refractivity contribution in [3.8, 4) is 11.5 Å². The maximum Gasteiger partial charge on any atom is 0.200 e. The Labute approximate surface area is 162 Å². The summed E-state index contributed by atoms with van der Waals surface area (Å²) in [4.78, 5) is 12.1. The fourth-order valence-corrected chi connectivity index (χ4v) is 5.49. The van der Waals surface area contributed by atoms with Crippen LogP contribution in [0.4, 0.5) is 0 Å². The van der Waals surface area contributed by atoms with Gasteiger partial charge in [-0.15, -0.1) is 16.4 Å². The average molecular weight is 381 g/mol. The molecule has 6 nitrogen and oxygen atoms in total. The average Bonchev–Trinajstić information content (AvgIpc) is 3.35. The molecule has 7 heteroatoms. The van der Waals surface area contributed by atoms with Crippen molar-refractivity contribution in [2.24, 2.45) is 18.4 Å². The third kappa shape index (κ3) is 2.51. The van der Waals surface area contributed by atoms with Gasteiger partial charge in [-0.1, -0.05) is 27.2 Å². The molecule has 27 heavy (non-hydrogen) atoms. The van der Waals surface area contributed by atoms with Crippen molar-refractivity contribution in [2.45, 2.75) is 46.5 Å². The van der Waals surface area contributed by atoms with E-state index in [1.54, 1.807) is 17.2 Å². The predicted molar refractivity (Wildman–Crippen MR) is 108 cm³/mol. The topological polar surface area (TPSA) is 60.9 Å². The van der Waals surface area contributed by atoms with Gasteiger partial charge in [0.1, 0.15) is 16.9 Å². The zero-order valence-electron chi connectivity index (χ0n) is 16.2. The zero-order chi connectivity index (χ0) is 18.8. The van der Waals surface area contributed by atoms with E-state index in [2.05, 4.69) is 31.0 Å². The molecule has 1 aliphatic carbocycles. The minimum atomic E-state index is 0.387. The molecule has 5 rings (SSSR count). The fraction of sp³-hybridized carbons (Fsp3) is 0.500. The van der Waals surface area contributed by atoms with Gasteiger partial charge in [0.25, 0.3) is 0 Å². The summed E-state index contributed by atoms with van der Waals surface area (Å²) in [5.41, 5.74) is 3.67. The van der Waals surface area contributed by atoms with Gasteiger partial charge in [0.05, 0.1) is 5.39 Å². The molecule has 0 N–H and O–H groups in total. The molecule has 0 aliphatic heterocycles. The van der Waals surface area contributed by atoms with Crippen molar-refractivity contribution in [1.82, 2.24) is 29.4 Å². The molecule has 0 spiro atoms. The lowest BCUT2D eigenvalue weighted by Gasteiger charge is -2.36. The molecule has 0 amide bonds. The largest absolute Gasteiger partial charge is 0.265 e. The Bertz CT molecular complexity index is 1150. The van der Waals surface area contributed by atoms with Crippen LogP contribution in [-0.4, -0.2) is 29.4 Å². The van der Waals surface area contributed by atoms with E-state index in [0.29, 0.717) is 11.2 Å². The summed E-state index contributed by atoms with van der Waals surface area (Å²) >= 11 is 1.85. The highest BCUT2D eigenvalue weighted by Gasteiger charge is 2.33. The highest BCUT2D eigenvalue weighted by Crippen LogP contribution is 2.44. The van der Waals surface area contributed by atoms with E-state index in [4.69, 9.17) is 9.97 Å². The third-order valence-electron chi connectivity index (χ3n) is 6.45. The van der Waals surface area contributed by atoms with Gasteiger partial charge in [0, 0.05) is 18.1 Å². The monoisotopic (exact) mass is 380 g/mol. The molecule has 1 unspecified atom stereocenters. The van der Waals surface area contributed by atoms with Crippen LogP contribution in [0, 0.1) is 11.3 Å². The van der Waals surface area contributed by atoms with Gasteiger partial charge in [-0.2, -0.15) is 5.10 Å². The van der Waals surface area contributed by atoms with E-state index < -0.39 is 0 Å². The molecule has 4 aromatic heterocycles. The summed E-state index contributed by atoms with van der Waals surface area (Å²) in [6, 6.07) is 1.94. The number of hydrogen-bond donors (Lipinski definition) is 0. The van der Waals surface area contributed by atoms with Gasteiger partial charge in [-0.25, -0.2) is 14.5 Å². The van der Waals surface area contributed by atoms with Gasteiger partial charge in [0.2, 0.25) is 0 Å². The molecule has 0 saturated carbocycles. The van der Waals surface area contributed by atoms with E-state index in [0.717, 1.165) is 34.9 Å². The van der Waals surface area contributed by atoms with Gasteiger partial charge in [0.15, 0.2) is 11.5 Å². The number of nitrogens with zero attached hydrogens (tertiary/aromatic N) is 6. The zero-order valence-corrected chi connectivity index (χ0v) is 17.0. The molecule has 1 atom stereocenters. The Balaban J connectivity index is 1.65. The van der Waals surface area contributed by atoms with Crippen LogP contribution < -0.4 is 0 Å². The van der Waals surface area contributed by atoms with Crippen molar-refractivity contribution in [3.63, 3.8) is 0 Å². The van der Waals surface area contributed by atoms with Gasteiger partial charge >= 0.3 is 0 Å². The molecule has 0 fully saturated rings. The summed E-state index contributed by atoms with van der Waals surface area (Å²) in [7, 11) is 1.91. The van der Waals surface area contributed by atoms with E-state index >= 15 is 0 Å². The number of thiophene rings is 1. The quantitative estimate of drug-likeness (QED) is 0.532. The van der Waals surface area contributed by atoms with Crippen molar-refractivity contribution in [2.75, 3.05) is 0 Å². The molecule has 1 aliphatic rings. The Hall–Kier alpha value is -2.28. The number of fused-ring (bicyclic) bond motifs is 5. The molecule has 0 saturated heterocycles. The molecule has 0 aromatic carbocycles. The van der Waals surface area contributed by atoms with E-state index in [-0.39, 0.29) is 0 Å². The van der Waals surface area contributed by atoms with Crippen LogP contribution >= 0.6 is 11.3 Å². The van der Waals surface area contributed by atoms with Gasteiger partial charge < -0.3 is 0 Å². The Kier molecular flexibility index (Phi) is 3.66. The Morgan fingerprint density at radius 3 is 2.93 bits per heavy atom. The normalized spacial score (nSPS) is 17.7. The summed E-state index contributed by atoms with van der Waals surface area (Å²) in [5.74, 6) is 1.44. The van der Waals surface area contributed by atoms with Crippen LogP contribution in [0.5, 0.6) is 0 Å². The summed E-state index contributed by atoms with van der Waals surface area (Å²) in [6.45, 7) is 7.12. The minimum absolute atomic E-state index is 0.387. The van der Waals surface area contributed by atoms with Crippen LogP contribution in [0.25, 0.3) is 27.4 Å². The lowest BCUT2D eigenvalue weighted by molar-refractivity contribution is 0.184. The van der Waals surface area contributed by atoms with Crippen molar-refractivity contribution in [1.29, 1.82) is 0 Å². The van der Waals surface area contributed by atoms with E-state index in [1.165, 1.54) is 28.7 Å². The molecule has 0 bridgehead atoms. The van der Waals surface area contributed by atoms with Crippen LogP contribution in [0.15, 0.2) is 18.6 Å². The maximum absolute atomic E-state index is 4.87. The number of rotatable bonds is 3. The number of hydrogen-bond acceptors (Lipinski definition) is 5. The Morgan fingerprint density at radius 2 is 2.19 bits per heavy atom. The lowest BCUT2D eigenvalue weighted by Crippen LogP contribution is -2.28. The maximum atomic E-state index is 4.87. The summed E-state index contributed by atoms with van der Waals surface area (Å²) in [6.07, 6.45) is 8.30. The Morgan fingerprint density at radius 1 is 1.33 bits per heavy atom. The molecule has 4 heterocycles. The third-order valence-corrected chi connectivity index (χ3v) is 7.61. The standard InChI is InChI=1S/C20H24N6S/c1-5-20(2,3)12-6-7-13-15(10-12)27-19-16(13)18-23-17(24-26(18)11-21-19)14-8-9-22-25(14)4/h8-9,11-12H,5-7,10H2,1-4H3. The second kappa shape index (κ2) is 5.86. The van der Waals surface area contributed by atoms with Gasteiger partial charge in [-0.05, 0) is 42.2 Å². The molecule has 140 valence electrons. The van der Waals surface area contributed by atoms with Crippen molar-refractivity contribution >= 4 is 27.2 Å². The van der Waals surface area contributed by atoms with Crippen LogP contribution in [0.2, 0.25) is 0 Å².